The largest absolute Gasteiger partial charge is 0.492 e. The second-order valence-electron chi connectivity index (χ2n) is 10.4. The highest BCUT2D eigenvalue weighted by molar-refractivity contribution is 7.13. The van der Waals surface area contributed by atoms with Crippen molar-refractivity contribution in [1.29, 1.82) is 0 Å². The number of carbonyl (C=O) groups is 1. The number of ether oxygens (including phenoxy) is 1. The van der Waals surface area contributed by atoms with E-state index >= 15 is 0 Å². The number of nitrogens with zero attached hydrogens (tertiary/aromatic N) is 3. The predicted molar refractivity (Wildman–Crippen MR) is 163 cm³/mol. The minimum absolute atomic E-state index is 0.0873. The third kappa shape index (κ3) is 6.46. The van der Waals surface area contributed by atoms with Crippen molar-refractivity contribution in [3.63, 3.8) is 0 Å². The summed E-state index contributed by atoms with van der Waals surface area (Å²) in [5.41, 5.74) is 0.962. The van der Waals surface area contributed by atoms with Gasteiger partial charge in [-0.3, -0.25) is 14.2 Å². The van der Waals surface area contributed by atoms with E-state index < -0.39 is 23.1 Å². The monoisotopic (exact) mass is 626 g/mol. The van der Waals surface area contributed by atoms with E-state index in [4.69, 9.17) is 4.74 Å². The summed E-state index contributed by atoms with van der Waals surface area (Å²) in [6, 6.07) is 9.94. The number of benzene rings is 2. The summed E-state index contributed by atoms with van der Waals surface area (Å²) < 4.78 is 61.1. The zero-order valence-electron chi connectivity index (χ0n) is 24.3. The van der Waals surface area contributed by atoms with Crippen molar-refractivity contribution in [2.24, 2.45) is 0 Å². The van der Waals surface area contributed by atoms with E-state index in [1.807, 2.05) is 13.8 Å². The van der Waals surface area contributed by atoms with Crippen LogP contribution in [0.15, 0.2) is 64.3 Å². The van der Waals surface area contributed by atoms with E-state index in [1.54, 1.807) is 23.3 Å². The summed E-state index contributed by atoms with van der Waals surface area (Å²) in [6.07, 6.45) is -2.77. The molecule has 0 atom stereocenters. The van der Waals surface area contributed by atoms with Crippen LogP contribution in [-0.4, -0.2) is 53.1 Å². The Kier molecular flexibility index (Phi) is 9.02. The molecule has 1 N–H and O–H groups in total. The van der Waals surface area contributed by atoms with Crippen molar-refractivity contribution >= 4 is 23.3 Å². The van der Waals surface area contributed by atoms with Gasteiger partial charge >= 0.3 is 6.18 Å². The van der Waals surface area contributed by atoms with Gasteiger partial charge in [-0.05, 0) is 57.2 Å². The van der Waals surface area contributed by atoms with Gasteiger partial charge in [-0.25, -0.2) is 9.37 Å². The first-order chi connectivity index (χ1) is 21.0. The summed E-state index contributed by atoms with van der Waals surface area (Å²) in [5.74, 6) is -0.651. The van der Waals surface area contributed by atoms with Crippen LogP contribution in [0.25, 0.3) is 33.6 Å². The number of rotatable bonds is 7. The summed E-state index contributed by atoms with van der Waals surface area (Å²) in [6.45, 7) is 7.81. The van der Waals surface area contributed by atoms with Crippen LogP contribution < -0.4 is 15.6 Å². The van der Waals surface area contributed by atoms with Gasteiger partial charge < -0.3 is 15.0 Å². The Morgan fingerprint density at radius 2 is 1.80 bits per heavy atom. The highest BCUT2D eigenvalue weighted by Crippen LogP contribution is 2.34. The molecule has 0 bridgehead atoms. The fourth-order valence-corrected chi connectivity index (χ4v) is 5.79. The molecule has 12 heteroatoms. The van der Waals surface area contributed by atoms with Gasteiger partial charge in [0, 0.05) is 43.2 Å². The fraction of sp³-hybridized carbons (Fsp3) is 0.281. The van der Waals surface area contributed by atoms with Crippen molar-refractivity contribution in [2.45, 2.75) is 26.9 Å². The summed E-state index contributed by atoms with van der Waals surface area (Å²) in [4.78, 5) is 34.7. The summed E-state index contributed by atoms with van der Waals surface area (Å²) in [7, 11) is 0. The van der Waals surface area contributed by atoms with E-state index in [9.17, 15) is 27.2 Å². The third-order valence-electron chi connectivity index (χ3n) is 7.00. The Balaban J connectivity index is 1.75. The normalized spacial score (nSPS) is 13.6. The molecular formula is C32H30F4N4O3S. The molecule has 44 heavy (non-hydrogen) atoms. The van der Waals surface area contributed by atoms with Gasteiger partial charge in [-0.15, -0.1) is 11.3 Å². The van der Waals surface area contributed by atoms with E-state index in [0.29, 0.717) is 37.4 Å². The van der Waals surface area contributed by atoms with Crippen LogP contribution in [-0.2, 0) is 6.18 Å². The van der Waals surface area contributed by atoms with Crippen LogP contribution in [0, 0.1) is 5.82 Å². The van der Waals surface area contributed by atoms with Gasteiger partial charge in [0.05, 0.1) is 40.4 Å². The van der Waals surface area contributed by atoms with Gasteiger partial charge in [0.2, 0.25) is 0 Å². The number of halogens is 4. The highest BCUT2D eigenvalue weighted by Gasteiger charge is 2.30. The molecule has 1 aliphatic heterocycles. The lowest BCUT2D eigenvalue weighted by Gasteiger charge is -2.29. The Bertz CT molecular complexity index is 1770. The molecule has 2 aromatic carbocycles. The summed E-state index contributed by atoms with van der Waals surface area (Å²) >= 11 is 1.12. The molecule has 0 unspecified atom stereocenters. The number of allylic oxidation sites excluding steroid dienone is 1. The lowest BCUT2D eigenvalue weighted by molar-refractivity contribution is -0.137. The van der Waals surface area contributed by atoms with Gasteiger partial charge in [0.15, 0.2) is 0 Å². The second kappa shape index (κ2) is 12.7. The van der Waals surface area contributed by atoms with E-state index in [2.05, 4.69) is 10.3 Å². The first kappa shape index (κ1) is 31.1. The van der Waals surface area contributed by atoms with E-state index in [1.165, 1.54) is 41.0 Å². The molecule has 2 aromatic heterocycles. The number of thiazole rings is 1. The molecule has 0 radical (unpaired) electrons. The number of pyridine rings is 1. The van der Waals surface area contributed by atoms with Crippen molar-refractivity contribution in [1.82, 2.24) is 19.8 Å². The first-order valence-corrected chi connectivity index (χ1v) is 14.9. The zero-order chi connectivity index (χ0) is 31.6. The standard InChI is InChI=1S/C32H30F4N4O3S/c1-4-43-28-10-9-22(33)16-27(28)40-26(15-19(2)3)23(30(41)39-13-11-37-12-14-39)17-24(31(40)42)29-38-25(18-44-29)20-5-7-21(8-6-20)32(34,35)36/h5-10,15-18,37H,4,11-14H2,1-3H3. The van der Waals surface area contributed by atoms with Crippen LogP contribution in [0.1, 0.15) is 42.4 Å². The molecule has 1 aliphatic rings. The minimum Gasteiger partial charge on any atom is -0.492 e. The lowest BCUT2D eigenvalue weighted by Crippen LogP contribution is -2.47. The molecule has 4 aromatic rings. The lowest BCUT2D eigenvalue weighted by atomic mass is 10.0. The number of carbonyl (C=O) groups excluding carboxylic acids is 1. The third-order valence-corrected chi connectivity index (χ3v) is 7.88. The molecule has 7 nitrogen and oxygen atoms in total. The quantitative estimate of drug-likeness (QED) is 0.233. The van der Waals surface area contributed by atoms with Gasteiger partial charge in [-0.2, -0.15) is 13.2 Å². The maximum atomic E-state index is 14.7. The van der Waals surface area contributed by atoms with Crippen LogP contribution in [0.2, 0.25) is 0 Å². The fourth-order valence-electron chi connectivity index (χ4n) is 4.95. The molecule has 0 saturated carbocycles. The van der Waals surface area contributed by atoms with Crippen molar-refractivity contribution in [3.8, 4) is 33.3 Å². The molecule has 5 rings (SSSR count). The molecule has 0 aliphatic carbocycles. The Morgan fingerprint density at radius 1 is 1.09 bits per heavy atom. The van der Waals surface area contributed by atoms with Crippen LogP contribution in [0.5, 0.6) is 5.75 Å². The SMILES string of the molecule is CCOc1ccc(F)cc1-n1c(C=C(C)C)c(C(=O)N2CCNCC2)cc(-c2nc(-c3ccc(C(F)(F)F)cc3)cs2)c1=O. The van der Waals surface area contributed by atoms with E-state index in [-0.39, 0.29) is 45.8 Å². The molecule has 230 valence electrons. The first-order valence-electron chi connectivity index (χ1n) is 14.0. The number of hydrogen-bond donors (Lipinski definition) is 1. The molecule has 0 spiro atoms. The van der Waals surface area contributed by atoms with Gasteiger partial charge in [0.1, 0.15) is 16.6 Å². The highest BCUT2D eigenvalue weighted by atomic mass is 32.1. The number of amides is 1. The molecule has 1 saturated heterocycles. The number of piperazine rings is 1. The number of hydrogen-bond acceptors (Lipinski definition) is 6. The van der Waals surface area contributed by atoms with Crippen LogP contribution >= 0.6 is 11.3 Å². The van der Waals surface area contributed by atoms with Crippen LogP contribution in [0.4, 0.5) is 17.6 Å². The second-order valence-corrected chi connectivity index (χ2v) is 11.3. The maximum Gasteiger partial charge on any atom is 0.416 e. The summed E-state index contributed by atoms with van der Waals surface area (Å²) in [5, 5.41) is 5.11. The Morgan fingerprint density at radius 3 is 2.43 bits per heavy atom. The van der Waals surface area contributed by atoms with Gasteiger partial charge in [-0.1, -0.05) is 17.7 Å². The predicted octanol–water partition coefficient (Wildman–Crippen LogP) is 6.65. The molecule has 1 amide bonds. The Hall–Kier alpha value is -4.29. The van der Waals surface area contributed by atoms with Crippen molar-refractivity contribution in [3.05, 3.63) is 92.5 Å². The smallest absolute Gasteiger partial charge is 0.416 e. The van der Waals surface area contributed by atoms with Crippen molar-refractivity contribution in [2.75, 3.05) is 32.8 Å². The number of aromatic nitrogens is 2. The molecular weight excluding hydrogens is 596 g/mol. The average Bonchev–Trinajstić information content (AvgIpc) is 3.48. The average molecular weight is 627 g/mol. The topological polar surface area (TPSA) is 76.5 Å². The van der Waals surface area contributed by atoms with E-state index in [0.717, 1.165) is 29.0 Å². The number of nitrogens with one attached hydrogen (secondary N) is 1. The maximum absolute atomic E-state index is 14.7. The molecule has 3 heterocycles. The number of alkyl halides is 3. The molecule has 1 fully saturated rings. The van der Waals surface area contributed by atoms with Crippen molar-refractivity contribution < 1.29 is 27.1 Å². The zero-order valence-corrected chi connectivity index (χ0v) is 25.1. The Labute approximate surface area is 255 Å². The van der Waals surface area contributed by atoms with Crippen LogP contribution in [0.3, 0.4) is 0 Å². The van der Waals surface area contributed by atoms with Gasteiger partial charge in [0.25, 0.3) is 11.5 Å². The minimum atomic E-state index is -4.48.